The SMILES string of the molecule is Cc1cc(C(F)(F)F)n2nc(C(=O)CN3CCCCC3C)cc2n1. The van der Waals surface area contributed by atoms with Crippen molar-refractivity contribution in [3.63, 3.8) is 0 Å². The van der Waals surface area contributed by atoms with Gasteiger partial charge >= 0.3 is 6.18 Å². The number of aromatic nitrogens is 3. The van der Waals surface area contributed by atoms with Crippen LogP contribution in [-0.4, -0.2) is 44.4 Å². The molecule has 1 saturated heterocycles. The largest absolute Gasteiger partial charge is 0.433 e. The maximum Gasteiger partial charge on any atom is 0.433 e. The Morgan fingerprint density at radius 1 is 1.33 bits per heavy atom. The summed E-state index contributed by atoms with van der Waals surface area (Å²) in [6.45, 7) is 4.54. The molecule has 1 aliphatic heterocycles. The van der Waals surface area contributed by atoms with Gasteiger partial charge in [0, 0.05) is 17.8 Å². The highest BCUT2D eigenvalue weighted by atomic mass is 19.4. The molecule has 2 aromatic heterocycles. The molecule has 1 aliphatic rings. The second-order valence-corrected chi connectivity index (χ2v) is 6.32. The second kappa shape index (κ2) is 6.16. The Balaban J connectivity index is 1.91. The van der Waals surface area contributed by atoms with Crippen molar-refractivity contribution in [2.75, 3.05) is 13.1 Å². The fraction of sp³-hybridized carbons (Fsp3) is 0.562. The lowest BCUT2D eigenvalue weighted by Crippen LogP contribution is -2.40. The average Bonchev–Trinajstić information content (AvgIpc) is 2.91. The van der Waals surface area contributed by atoms with Gasteiger partial charge in [-0.3, -0.25) is 9.69 Å². The van der Waals surface area contributed by atoms with Gasteiger partial charge in [-0.25, -0.2) is 9.50 Å². The van der Waals surface area contributed by atoms with Crippen LogP contribution in [0.15, 0.2) is 12.1 Å². The van der Waals surface area contributed by atoms with Gasteiger partial charge in [-0.15, -0.1) is 0 Å². The highest BCUT2D eigenvalue weighted by Gasteiger charge is 2.35. The van der Waals surface area contributed by atoms with Crippen LogP contribution in [0.3, 0.4) is 0 Å². The van der Waals surface area contributed by atoms with E-state index < -0.39 is 11.9 Å². The Morgan fingerprint density at radius 2 is 2.08 bits per heavy atom. The number of hydrogen-bond donors (Lipinski definition) is 0. The number of halogens is 3. The topological polar surface area (TPSA) is 50.5 Å². The lowest BCUT2D eigenvalue weighted by molar-refractivity contribution is -0.142. The minimum Gasteiger partial charge on any atom is -0.293 e. The van der Waals surface area contributed by atoms with Crippen LogP contribution < -0.4 is 0 Å². The summed E-state index contributed by atoms with van der Waals surface area (Å²) >= 11 is 0. The number of carbonyl (C=O) groups is 1. The smallest absolute Gasteiger partial charge is 0.293 e. The van der Waals surface area contributed by atoms with Crippen molar-refractivity contribution >= 4 is 11.4 Å². The molecule has 130 valence electrons. The maximum atomic E-state index is 13.2. The molecule has 1 unspecified atom stereocenters. The zero-order valence-corrected chi connectivity index (χ0v) is 13.6. The predicted octanol–water partition coefficient (Wildman–Crippen LogP) is 3.11. The molecule has 0 amide bonds. The molecule has 0 saturated carbocycles. The Labute approximate surface area is 137 Å². The van der Waals surface area contributed by atoms with Crippen molar-refractivity contribution in [1.82, 2.24) is 19.5 Å². The molecule has 0 bridgehead atoms. The monoisotopic (exact) mass is 340 g/mol. The van der Waals surface area contributed by atoms with E-state index in [0.717, 1.165) is 31.9 Å². The number of carbonyl (C=O) groups excluding carboxylic acids is 1. The summed E-state index contributed by atoms with van der Waals surface area (Å²) in [4.78, 5) is 18.6. The van der Waals surface area contributed by atoms with Crippen molar-refractivity contribution in [2.24, 2.45) is 0 Å². The molecule has 0 spiro atoms. The zero-order chi connectivity index (χ0) is 17.5. The summed E-state index contributed by atoms with van der Waals surface area (Å²) in [5.41, 5.74) is -0.623. The third-order valence-electron chi connectivity index (χ3n) is 4.42. The number of hydrogen-bond acceptors (Lipinski definition) is 4. The molecule has 24 heavy (non-hydrogen) atoms. The summed E-state index contributed by atoms with van der Waals surface area (Å²) in [7, 11) is 0. The Hall–Kier alpha value is -1.96. The number of Topliss-reactive ketones (excluding diaryl/α,β-unsaturated/α-hetero) is 1. The zero-order valence-electron chi connectivity index (χ0n) is 13.6. The number of likely N-dealkylation sites (tertiary alicyclic amines) is 1. The van der Waals surface area contributed by atoms with Crippen LogP contribution in [0, 0.1) is 6.92 Å². The minimum absolute atomic E-state index is 0.0244. The van der Waals surface area contributed by atoms with Gasteiger partial charge < -0.3 is 0 Å². The third kappa shape index (κ3) is 3.28. The standard InChI is InChI=1S/C16H19F3N4O/c1-10-7-14(16(17,18)19)23-15(20-10)8-12(21-23)13(24)9-22-6-4-3-5-11(22)2/h7-8,11H,3-6,9H2,1-2H3. The van der Waals surface area contributed by atoms with E-state index in [4.69, 9.17) is 0 Å². The summed E-state index contributed by atoms with van der Waals surface area (Å²) < 4.78 is 40.2. The first-order valence-electron chi connectivity index (χ1n) is 7.97. The highest BCUT2D eigenvalue weighted by Crippen LogP contribution is 2.30. The lowest BCUT2D eigenvalue weighted by Gasteiger charge is -2.32. The minimum atomic E-state index is -4.56. The quantitative estimate of drug-likeness (QED) is 0.806. The Bertz CT molecular complexity index is 769. The molecule has 0 aliphatic carbocycles. The van der Waals surface area contributed by atoms with Gasteiger partial charge in [0.25, 0.3) is 0 Å². The van der Waals surface area contributed by atoms with Crippen LogP contribution >= 0.6 is 0 Å². The van der Waals surface area contributed by atoms with Gasteiger partial charge in [0.15, 0.2) is 11.4 Å². The fourth-order valence-electron chi connectivity index (χ4n) is 3.10. The number of ketones is 1. The molecule has 0 radical (unpaired) electrons. The number of fused-ring (bicyclic) bond motifs is 1. The van der Waals surface area contributed by atoms with E-state index in [1.807, 2.05) is 0 Å². The van der Waals surface area contributed by atoms with E-state index in [1.54, 1.807) is 0 Å². The van der Waals surface area contributed by atoms with E-state index in [9.17, 15) is 18.0 Å². The summed E-state index contributed by atoms with van der Waals surface area (Å²) in [6.07, 6.45) is -1.36. The van der Waals surface area contributed by atoms with E-state index in [1.165, 1.54) is 13.0 Å². The Morgan fingerprint density at radius 3 is 2.75 bits per heavy atom. The first-order chi connectivity index (χ1) is 11.3. The molecule has 8 heteroatoms. The van der Waals surface area contributed by atoms with Crippen LogP contribution in [0.4, 0.5) is 13.2 Å². The molecular weight excluding hydrogens is 321 g/mol. The average molecular weight is 340 g/mol. The summed E-state index contributed by atoms with van der Waals surface area (Å²) in [5.74, 6) is -0.278. The lowest BCUT2D eigenvalue weighted by atomic mass is 10.0. The van der Waals surface area contributed by atoms with Gasteiger partial charge in [0.05, 0.1) is 6.54 Å². The van der Waals surface area contributed by atoms with E-state index in [2.05, 4.69) is 21.9 Å². The van der Waals surface area contributed by atoms with E-state index >= 15 is 0 Å². The van der Waals surface area contributed by atoms with E-state index in [-0.39, 0.29) is 29.4 Å². The van der Waals surface area contributed by atoms with Crippen LogP contribution in [0.5, 0.6) is 0 Å². The van der Waals surface area contributed by atoms with Crippen molar-refractivity contribution in [2.45, 2.75) is 45.3 Å². The van der Waals surface area contributed by atoms with E-state index in [0.29, 0.717) is 10.6 Å². The third-order valence-corrected chi connectivity index (χ3v) is 4.42. The second-order valence-electron chi connectivity index (χ2n) is 6.32. The molecular formula is C16H19F3N4O. The number of rotatable bonds is 3. The highest BCUT2D eigenvalue weighted by molar-refractivity contribution is 5.96. The van der Waals surface area contributed by atoms with Gasteiger partial charge in [0.2, 0.25) is 0 Å². The summed E-state index contributed by atoms with van der Waals surface area (Å²) in [6, 6.07) is 2.56. The van der Waals surface area contributed by atoms with Crippen molar-refractivity contribution in [3.05, 3.63) is 29.2 Å². The van der Waals surface area contributed by atoms with Gasteiger partial charge in [-0.05, 0) is 39.3 Å². The molecule has 0 aromatic carbocycles. The van der Waals surface area contributed by atoms with Crippen LogP contribution in [0.2, 0.25) is 0 Å². The molecule has 1 atom stereocenters. The van der Waals surface area contributed by atoms with Crippen LogP contribution in [0.1, 0.15) is 48.1 Å². The molecule has 0 N–H and O–H groups in total. The number of aryl methyl sites for hydroxylation is 1. The molecule has 2 aromatic rings. The number of alkyl halides is 3. The first-order valence-corrected chi connectivity index (χ1v) is 7.97. The number of piperidine rings is 1. The van der Waals surface area contributed by atoms with Crippen LogP contribution in [0.25, 0.3) is 5.65 Å². The number of nitrogens with zero attached hydrogens (tertiary/aromatic N) is 4. The molecule has 5 nitrogen and oxygen atoms in total. The van der Waals surface area contributed by atoms with Gasteiger partial charge in [-0.2, -0.15) is 18.3 Å². The molecule has 3 heterocycles. The van der Waals surface area contributed by atoms with Crippen molar-refractivity contribution < 1.29 is 18.0 Å². The van der Waals surface area contributed by atoms with Gasteiger partial charge in [-0.1, -0.05) is 6.42 Å². The molecule has 1 fully saturated rings. The fourth-order valence-corrected chi connectivity index (χ4v) is 3.10. The first kappa shape index (κ1) is 16.9. The molecule has 3 rings (SSSR count). The normalized spacial score (nSPS) is 19.8. The Kier molecular flexibility index (Phi) is 4.33. The van der Waals surface area contributed by atoms with Crippen molar-refractivity contribution in [1.29, 1.82) is 0 Å². The summed E-state index contributed by atoms with van der Waals surface area (Å²) in [5, 5.41) is 3.87. The van der Waals surface area contributed by atoms with Gasteiger partial charge in [0.1, 0.15) is 11.4 Å². The maximum absolute atomic E-state index is 13.2. The van der Waals surface area contributed by atoms with Crippen molar-refractivity contribution in [3.8, 4) is 0 Å². The van der Waals surface area contributed by atoms with Crippen LogP contribution in [-0.2, 0) is 6.18 Å². The predicted molar refractivity (Wildman–Crippen MR) is 81.9 cm³/mol.